The van der Waals surface area contributed by atoms with Gasteiger partial charge in [-0.2, -0.15) is 0 Å². The molecule has 0 unspecified atom stereocenters. The second kappa shape index (κ2) is 3.60. The van der Waals surface area contributed by atoms with E-state index in [1.54, 1.807) is 4.88 Å². The molecule has 0 aliphatic carbocycles. The fourth-order valence-corrected chi connectivity index (χ4v) is 4.66. The summed E-state index contributed by atoms with van der Waals surface area (Å²) in [5.74, 6) is 0. The summed E-state index contributed by atoms with van der Waals surface area (Å²) in [6, 6.07) is 0. The maximum absolute atomic E-state index is 2.31. The smallest absolute Gasteiger partial charge is 0.0485 e. The van der Waals surface area contributed by atoms with Crippen molar-refractivity contribution < 1.29 is 0 Å². The van der Waals surface area contributed by atoms with Crippen LogP contribution in [0.4, 0.5) is 0 Å². The highest BCUT2D eigenvalue weighted by atomic mass is 32.1. The monoisotopic (exact) mass is 238 g/mol. The lowest BCUT2D eigenvalue weighted by Gasteiger charge is -2.17. The number of thiophene rings is 2. The van der Waals surface area contributed by atoms with Crippen LogP contribution < -0.4 is 0 Å². The summed E-state index contributed by atoms with van der Waals surface area (Å²) >= 11 is 3.89. The Morgan fingerprint density at radius 3 is 2.33 bits per heavy atom. The van der Waals surface area contributed by atoms with Crippen molar-refractivity contribution >= 4 is 32.1 Å². The first-order chi connectivity index (χ1) is 6.88. The first-order valence-corrected chi connectivity index (χ1v) is 7.04. The van der Waals surface area contributed by atoms with E-state index in [2.05, 4.69) is 40.0 Å². The molecule has 0 spiro atoms. The SMILES string of the molecule is Cc1csc2c(C)c(CC(C)(C)C)sc12. The molecule has 0 atom stereocenters. The van der Waals surface area contributed by atoms with Gasteiger partial charge in [-0.15, -0.1) is 22.7 Å². The molecular weight excluding hydrogens is 220 g/mol. The highest BCUT2D eigenvalue weighted by Gasteiger charge is 2.17. The lowest BCUT2D eigenvalue weighted by molar-refractivity contribution is 0.414. The summed E-state index contributed by atoms with van der Waals surface area (Å²) < 4.78 is 3.02. The maximum atomic E-state index is 2.31. The minimum atomic E-state index is 0.394. The molecule has 0 aliphatic heterocycles. The third-order valence-corrected chi connectivity index (χ3v) is 5.37. The van der Waals surface area contributed by atoms with Crippen molar-refractivity contribution in [1.82, 2.24) is 0 Å². The number of hydrogen-bond donors (Lipinski definition) is 0. The standard InChI is InChI=1S/C13H18S2/c1-8-7-14-12-9(2)10(15-11(8)12)6-13(3,4)5/h7H,6H2,1-5H3. The van der Waals surface area contributed by atoms with Crippen molar-refractivity contribution in [2.45, 2.75) is 41.0 Å². The van der Waals surface area contributed by atoms with Crippen molar-refractivity contribution in [3.8, 4) is 0 Å². The third-order valence-electron chi connectivity index (χ3n) is 2.59. The van der Waals surface area contributed by atoms with Gasteiger partial charge >= 0.3 is 0 Å². The Balaban J connectivity index is 2.49. The molecular formula is C13H18S2. The third kappa shape index (κ3) is 2.11. The van der Waals surface area contributed by atoms with Crippen molar-refractivity contribution in [2.24, 2.45) is 5.41 Å². The molecule has 0 bridgehead atoms. The lowest BCUT2D eigenvalue weighted by atomic mass is 9.90. The van der Waals surface area contributed by atoms with E-state index in [9.17, 15) is 0 Å². The molecule has 2 rings (SSSR count). The second-order valence-corrected chi connectivity index (χ2v) is 7.45. The summed E-state index contributed by atoms with van der Waals surface area (Å²) in [4.78, 5) is 1.58. The Morgan fingerprint density at radius 1 is 1.13 bits per heavy atom. The Bertz CT molecular complexity index is 480. The fraction of sp³-hybridized carbons (Fsp3) is 0.538. The summed E-state index contributed by atoms with van der Waals surface area (Å²) in [5, 5.41) is 2.27. The largest absolute Gasteiger partial charge is 0.142 e. The second-order valence-electron chi connectivity index (χ2n) is 5.46. The van der Waals surface area contributed by atoms with Gasteiger partial charge in [0.05, 0.1) is 0 Å². The van der Waals surface area contributed by atoms with Crippen LogP contribution >= 0.6 is 22.7 Å². The quantitative estimate of drug-likeness (QED) is 0.643. The summed E-state index contributed by atoms with van der Waals surface area (Å²) in [6.07, 6.45) is 1.20. The zero-order chi connectivity index (χ0) is 11.2. The summed E-state index contributed by atoms with van der Waals surface area (Å²) in [5.41, 5.74) is 3.36. The Labute approximate surface area is 99.9 Å². The van der Waals surface area contributed by atoms with Gasteiger partial charge in [0.25, 0.3) is 0 Å². The van der Waals surface area contributed by atoms with Crippen LogP contribution in [-0.2, 0) is 6.42 Å². The highest BCUT2D eigenvalue weighted by Crippen LogP contribution is 2.39. The van der Waals surface area contributed by atoms with Gasteiger partial charge in [0.1, 0.15) is 0 Å². The van der Waals surface area contributed by atoms with Gasteiger partial charge in [0, 0.05) is 14.3 Å². The minimum absolute atomic E-state index is 0.394. The summed E-state index contributed by atoms with van der Waals surface area (Å²) in [6.45, 7) is 11.4. The number of hydrogen-bond acceptors (Lipinski definition) is 2. The average Bonchev–Trinajstić information content (AvgIpc) is 2.56. The van der Waals surface area contributed by atoms with E-state index < -0.39 is 0 Å². The van der Waals surface area contributed by atoms with E-state index in [0.29, 0.717) is 5.41 Å². The predicted molar refractivity (Wildman–Crippen MR) is 72.3 cm³/mol. The number of aryl methyl sites for hydroxylation is 2. The Kier molecular flexibility index (Phi) is 2.68. The zero-order valence-corrected chi connectivity index (χ0v) is 11.7. The van der Waals surface area contributed by atoms with Gasteiger partial charge in [-0.05, 0) is 42.2 Å². The topological polar surface area (TPSA) is 0 Å². The molecule has 82 valence electrons. The first kappa shape index (κ1) is 11.2. The van der Waals surface area contributed by atoms with Crippen LogP contribution in [0.3, 0.4) is 0 Å². The molecule has 2 aromatic heterocycles. The minimum Gasteiger partial charge on any atom is -0.142 e. The van der Waals surface area contributed by atoms with Crippen molar-refractivity contribution in [1.29, 1.82) is 0 Å². The van der Waals surface area contributed by atoms with E-state index in [0.717, 1.165) is 0 Å². The van der Waals surface area contributed by atoms with Crippen LogP contribution in [0.15, 0.2) is 5.38 Å². The van der Waals surface area contributed by atoms with E-state index in [4.69, 9.17) is 0 Å². The van der Waals surface area contributed by atoms with Gasteiger partial charge < -0.3 is 0 Å². The van der Waals surface area contributed by atoms with Gasteiger partial charge in [0.15, 0.2) is 0 Å². The van der Waals surface area contributed by atoms with E-state index in [1.165, 1.54) is 26.9 Å². The van der Waals surface area contributed by atoms with Crippen LogP contribution in [0.1, 0.15) is 36.8 Å². The molecule has 0 N–H and O–H groups in total. The summed E-state index contributed by atoms with van der Waals surface area (Å²) in [7, 11) is 0. The predicted octanol–water partition coefficient (Wildman–Crippen LogP) is 5.17. The molecule has 0 amide bonds. The van der Waals surface area contributed by atoms with Crippen LogP contribution in [0.25, 0.3) is 9.40 Å². The zero-order valence-electron chi connectivity index (χ0n) is 10.1. The van der Waals surface area contributed by atoms with Gasteiger partial charge in [-0.1, -0.05) is 20.8 Å². The van der Waals surface area contributed by atoms with Gasteiger partial charge in [-0.3, -0.25) is 0 Å². The van der Waals surface area contributed by atoms with Gasteiger partial charge in [0.2, 0.25) is 0 Å². The average molecular weight is 238 g/mol. The molecule has 2 aromatic rings. The molecule has 0 aromatic carbocycles. The molecule has 15 heavy (non-hydrogen) atoms. The molecule has 0 fully saturated rings. The Hall–Kier alpha value is -0.340. The highest BCUT2D eigenvalue weighted by molar-refractivity contribution is 7.27. The normalized spacial score (nSPS) is 12.6. The van der Waals surface area contributed by atoms with Crippen molar-refractivity contribution in [3.05, 3.63) is 21.4 Å². The first-order valence-electron chi connectivity index (χ1n) is 5.34. The van der Waals surface area contributed by atoms with Crippen LogP contribution in [0, 0.1) is 19.3 Å². The number of rotatable bonds is 1. The van der Waals surface area contributed by atoms with E-state index in [1.807, 2.05) is 22.7 Å². The maximum Gasteiger partial charge on any atom is 0.0485 e. The molecule has 0 aliphatic rings. The lowest BCUT2D eigenvalue weighted by Crippen LogP contribution is -2.08. The molecule has 0 radical (unpaired) electrons. The van der Waals surface area contributed by atoms with Gasteiger partial charge in [-0.25, -0.2) is 0 Å². The molecule has 0 nitrogen and oxygen atoms in total. The molecule has 0 saturated heterocycles. The Morgan fingerprint density at radius 2 is 1.80 bits per heavy atom. The van der Waals surface area contributed by atoms with E-state index in [-0.39, 0.29) is 0 Å². The van der Waals surface area contributed by atoms with E-state index >= 15 is 0 Å². The van der Waals surface area contributed by atoms with Crippen LogP contribution in [0.5, 0.6) is 0 Å². The van der Waals surface area contributed by atoms with Crippen LogP contribution in [-0.4, -0.2) is 0 Å². The number of fused-ring (bicyclic) bond motifs is 1. The molecule has 2 heteroatoms. The van der Waals surface area contributed by atoms with Crippen LogP contribution in [0.2, 0.25) is 0 Å². The molecule has 0 saturated carbocycles. The fourth-order valence-electron chi connectivity index (χ4n) is 1.80. The van der Waals surface area contributed by atoms with Crippen molar-refractivity contribution in [2.75, 3.05) is 0 Å². The van der Waals surface area contributed by atoms with Crippen molar-refractivity contribution in [3.63, 3.8) is 0 Å². The molecule has 2 heterocycles.